The summed E-state index contributed by atoms with van der Waals surface area (Å²) in [5, 5.41) is 2.99. The number of hydrogen-bond donors (Lipinski definition) is 2. The van der Waals surface area contributed by atoms with Crippen LogP contribution in [-0.4, -0.2) is 17.4 Å². The molecule has 4 heteroatoms. The van der Waals surface area contributed by atoms with Crippen LogP contribution in [0, 0.1) is 11.3 Å². The van der Waals surface area contributed by atoms with Crippen LogP contribution in [0.1, 0.15) is 57.1 Å². The van der Waals surface area contributed by atoms with Gasteiger partial charge in [0.1, 0.15) is 5.82 Å². The number of nitrogens with two attached hydrogens (primary N) is 1. The van der Waals surface area contributed by atoms with Crippen molar-refractivity contribution >= 4 is 11.7 Å². The van der Waals surface area contributed by atoms with Gasteiger partial charge in [-0.05, 0) is 29.9 Å². The average molecular weight is 277 g/mol. The van der Waals surface area contributed by atoms with E-state index in [1.54, 1.807) is 6.07 Å². The third-order valence-corrected chi connectivity index (χ3v) is 3.93. The maximum absolute atomic E-state index is 12.2. The first-order chi connectivity index (χ1) is 9.26. The highest BCUT2D eigenvalue weighted by Crippen LogP contribution is 2.24. The molecular weight excluding hydrogens is 250 g/mol. The minimum atomic E-state index is -0.0785. The Morgan fingerprint density at radius 3 is 2.60 bits per heavy atom. The van der Waals surface area contributed by atoms with Crippen LogP contribution >= 0.6 is 0 Å². The number of hydrogen-bond acceptors (Lipinski definition) is 3. The molecule has 0 atom stereocenters. The molecule has 0 aliphatic rings. The van der Waals surface area contributed by atoms with Gasteiger partial charge in [0.25, 0.3) is 5.91 Å². The highest BCUT2D eigenvalue weighted by atomic mass is 16.1. The summed E-state index contributed by atoms with van der Waals surface area (Å²) in [5.41, 5.74) is 7.31. The van der Waals surface area contributed by atoms with E-state index >= 15 is 0 Å². The molecule has 112 valence electrons. The summed E-state index contributed by atoms with van der Waals surface area (Å²) >= 11 is 0. The van der Waals surface area contributed by atoms with Crippen molar-refractivity contribution in [2.45, 2.75) is 47.5 Å². The zero-order chi connectivity index (χ0) is 15.3. The molecular formula is C16H27N3O. The number of nitrogens with zero attached hydrogens (tertiary/aromatic N) is 1. The molecule has 0 fully saturated rings. The van der Waals surface area contributed by atoms with E-state index in [1.807, 2.05) is 6.07 Å². The fourth-order valence-corrected chi connectivity index (χ4v) is 1.74. The molecule has 1 amide bonds. The first-order valence-corrected chi connectivity index (χ1v) is 7.31. The molecule has 0 saturated carbocycles. The Morgan fingerprint density at radius 1 is 1.40 bits per heavy atom. The molecule has 0 saturated heterocycles. The largest absolute Gasteiger partial charge is 0.384 e. The average Bonchev–Trinajstić information content (AvgIpc) is 2.35. The molecule has 0 aliphatic heterocycles. The van der Waals surface area contributed by atoms with Crippen molar-refractivity contribution in [2.75, 3.05) is 12.3 Å². The lowest BCUT2D eigenvalue weighted by Crippen LogP contribution is -2.37. The molecule has 0 radical (unpaired) electrons. The zero-order valence-electron chi connectivity index (χ0n) is 13.3. The van der Waals surface area contributed by atoms with Gasteiger partial charge in [-0.1, -0.05) is 41.0 Å². The van der Waals surface area contributed by atoms with Gasteiger partial charge in [-0.15, -0.1) is 0 Å². The first kappa shape index (κ1) is 16.5. The number of aromatic nitrogens is 1. The van der Waals surface area contributed by atoms with Gasteiger partial charge in [0.05, 0.1) is 0 Å². The van der Waals surface area contributed by atoms with Crippen LogP contribution in [0.25, 0.3) is 0 Å². The zero-order valence-corrected chi connectivity index (χ0v) is 13.3. The van der Waals surface area contributed by atoms with Crippen LogP contribution in [0.3, 0.4) is 0 Å². The maximum atomic E-state index is 12.2. The van der Waals surface area contributed by atoms with E-state index in [0.29, 0.717) is 23.8 Å². The van der Waals surface area contributed by atoms with E-state index in [2.05, 4.69) is 44.9 Å². The Morgan fingerprint density at radius 2 is 2.05 bits per heavy atom. The molecule has 1 aromatic rings. The van der Waals surface area contributed by atoms with Gasteiger partial charge in [-0.2, -0.15) is 0 Å². The highest BCUT2D eigenvalue weighted by Gasteiger charge is 2.23. The Labute approximate surface area is 122 Å². The van der Waals surface area contributed by atoms with Crippen molar-refractivity contribution in [3.63, 3.8) is 0 Å². The van der Waals surface area contributed by atoms with Crippen LogP contribution in [0.5, 0.6) is 0 Å². The molecule has 0 bridgehead atoms. The predicted octanol–water partition coefficient (Wildman–Crippen LogP) is 3.03. The molecule has 1 aromatic heterocycles. The highest BCUT2D eigenvalue weighted by molar-refractivity contribution is 5.94. The lowest BCUT2D eigenvalue weighted by molar-refractivity contribution is 0.0924. The summed E-state index contributed by atoms with van der Waals surface area (Å²) in [7, 11) is 0. The van der Waals surface area contributed by atoms with Crippen LogP contribution in [0.4, 0.5) is 5.82 Å². The Bertz CT molecular complexity index is 467. The molecule has 1 heterocycles. The number of nitrogens with one attached hydrogen (secondary N) is 1. The minimum Gasteiger partial charge on any atom is -0.384 e. The quantitative estimate of drug-likeness (QED) is 0.839. The van der Waals surface area contributed by atoms with E-state index in [0.717, 1.165) is 18.5 Å². The Hall–Kier alpha value is -1.58. The number of pyridine rings is 1. The van der Waals surface area contributed by atoms with E-state index in [1.165, 1.54) is 0 Å². The maximum Gasteiger partial charge on any atom is 0.251 e. The number of carbonyl (C=O) groups excluding carboxylic acids is 1. The van der Waals surface area contributed by atoms with Crippen molar-refractivity contribution < 1.29 is 4.79 Å². The number of nitrogen functional groups attached to an aromatic ring is 1. The van der Waals surface area contributed by atoms with Gasteiger partial charge in [-0.25, -0.2) is 4.98 Å². The summed E-state index contributed by atoms with van der Waals surface area (Å²) in [6.07, 6.45) is 1.82. The van der Waals surface area contributed by atoms with Gasteiger partial charge in [0, 0.05) is 17.8 Å². The summed E-state index contributed by atoms with van der Waals surface area (Å²) in [5.74, 6) is 0.829. The third-order valence-electron chi connectivity index (χ3n) is 3.93. The summed E-state index contributed by atoms with van der Waals surface area (Å²) in [6.45, 7) is 11.4. The molecule has 0 aliphatic carbocycles. The lowest BCUT2D eigenvalue weighted by Gasteiger charge is -2.29. The number of rotatable bonds is 6. The van der Waals surface area contributed by atoms with Crippen molar-refractivity contribution in [1.82, 2.24) is 10.3 Å². The second kappa shape index (κ2) is 6.73. The number of aryl methyl sites for hydroxylation is 1. The molecule has 4 nitrogen and oxygen atoms in total. The molecule has 20 heavy (non-hydrogen) atoms. The van der Waals surface area contributed by atoms with E-state index < -0.39 is 0 Å². The first-order valence-electron chi connectivity index (χ1n) is 7.31. The lowest BCUT2D eigenvalue weighted by atomic mass is 9.81. The standard InChI is InChI=1S/C16H27N3O/c1-6-7-13-8-12(9-14(17)19-13)15(20)18-10-16(4,5)11(2)3/h8-9,11H,6-7,10H2,1-5H3,(H2,17,19)(H,18,20). The van der Waals surface area contributed by atoms with Crippen LogP contribution < -0.4 is 11.1 Å². The van der Waals surface area contributed by atoms with Crippen LogP contribution in [0.15, 0.2) is 12.1 Å². The predicted molar refractivity (Wildman–Crippen MR) is 83.6 cm³/mol. The fourth-order valence-electron chi connectivity index (χ4n) is 1.74. The Balaban J connectivity index is 2.77. The van der Waals surface area contributed by atoms with Crippen LogP contribution in [-0.2, 0) is 6.42 Å². The van der Waals surface area contributed by atoms with Gasteiger partial charge >= 0.3 is 0 Å². The molecule has 0 spiro atoms. The van der Waals surface area contributed by atoms with Gasteiger partial charge in [-0.3, -0.25) is 4.79 Å². The number of amides is 1. The monoisotopic (exact) mass is 277 g/mol. The normalized spacial score (nSPS) is 11.7. The summed E-state index contributed by atoms with van der Waals surface area (Å²) < 4.78 is 0. The second-order valence-electron chi connectivity index (χ2n) is 6.35. The fraction of sp³-hybridized carbons (Fsp3) is 0.625. The summed E-state index contributed by atoms with van der Waals surface area (Å²) in [6, 6.07) is 3.47. The smallest absolute Gasteiger partial charge is 0.251 e. The molecule has 1 rings (SSSR count). The van der Waals surface area contributed by atoms with Crippen molar-refractivity contribution in [3.05, 3.63) is 23.4 Å². The summed E-state index contributed by atoms with van der Waals surface area (Å²) in [4.78, 5) is 16.5. The number of anilines is 1. The van der Waals surface area contributed by atoms with Gasteiger partial charge in [0.2, 0.25) is 0 Å². The Kier molecular flexibility index (Phi) is 5.54. The number of carbonyl (C=O) groups is 1. The van der Waals surface area contributed by atoms with Gasteiger partial charge in [0.15, 0.2) is 0 Å². The van der Waals surface area contributed by atoms with E-state index in [9.17, 15) is 4.79 Å². The molecule has 0 aromatic carbocycles. The second-order valence-corrected chi connectivity index (χ2v) is 6.35. The van der Waals surface area contributed by atoms with Crippen molar-refractivity contribution in [3.8, 4) is 0 Å². The van der Waals surface area contributed by atoms with E-state index in [4.69, 9.17) is 5.73 Å². The SMILES string of the molecule is CCCc1cc(C(=O)NCC(C)(C)C(C)C)cc(N)n1. The molecule has 0 unspecified atom stereocenters. The van der Waals surface area contributed by atoms with Gasteiger partial charge < -0.3 is 11.1 Å². The van der Waals surface area contributed by atoms with Crippen LogP contribution in [0.2, 0.25) is 0 Å². The van der Waals surface area contributed by atoms with Crippen molar-refractivity contribution in [1.29, 1.82) is 0 Å². The van der Waals surface area contributed by atoms with Crippen molar-refractivity contribution in [2.24, 2.45) is 11.3 Å². The topological polar surface area (TPSA) is 68.0 Å². The third kappa shape index (κ3) is 4.51. The minimum absolute atomic E-state index is 0.0699. The molecule has 3 N–H and O–H groups in total. The van der Waals surface area contributed by atoms with E-state index in [-0.39, 0.29) is 11.3 Å².